The zero-order valence-corrected chi connectivity index (χ0v) is 29.7. The van der Waals surface area contributed by atoms with Crippen LogP contribution in [0.5, 0.6) is 0 Å². The number of para-hydroxylation sites is 1. The Morgan fingerprint density at radius 3 is 1.76 bits per heavy atom. The van der Waals surface area contributed by atoms with Gasteiger partial charge in [0.1, 0.15) is 16.7 Å². The number of furan rings is 1. The number of hydrogen-bond donors (Lipinski definition) is 0. The molecule has 0 radical (unpaired) electrons. The van der Waals surface area contributed by atoms with E-state index in [1.807, 2.05) is 48.5 Å². The summed E-state index contributed by atoms with van der Waals surface area (Å²) in [5.74, 6) is 0.621. The number of hydrogen-bond acceptors (Lipinski definition) is 4. The lowest BCUT2D eigenvalue weighted by atomic mass is 9.98. The highest BCUT2D eigenvalue weighted by Crippen LogP contribution is 2.42. The predicted octanol–water partition coefficient (Wildman–Crippen LogP) is 14.5. The summed E-state index contributed by atoms with van der Waals surface area (Å²) in [7, 11) is 0. The fourth-order valence-electron chi connectivity index (χ4n) is 8.04. The molecule has 11 rings (SSSR count). The number of aromatic nitrogens is 1. The molecule has 2 heterocycles. The van der Waals surface area contributed by atoms with E-state index in [9.17, 15) is 0 Å². The summed E-state index contributed by atoms with van der Waals surface area (Å²) in [5, 5.41) is 6.67. The van der Waals surface area contributed by atoms with Crippen molar-refractivity contribution in [2.24, 2.45) is 0 Å². The van der Waals surface area contributed by atoms with Crippen molar-refractivity contribution in [3.05, 3.63) is 194 Å². The molecule has 55 heavy (non-hydrogen) atoms. The minimum atomic E-state index is 0.621. The van der Waals surface area contributed by atoms with Gasteiger partial charge < -0.3 is 13.7 Å². The second kappa shape index (κ2) is 12.6. The van der Waals surface area contributed by atoms with Crippen molar-refractivity contribution in [3.63, 3.8) is 0 Å². The minimum absolute atomic E-state index is 0.621. The van der Waals surface area contributed by atoms with E-state index in [1.165, 1.54) is 11.1 Å². The van der Waals surface area contributed by atoms with Crippen molar-refractivity contribution >= 4 is 71.6 Å². The molecular weight excluding hydrogens is 673 g/mol. The van der Waals surface area contributed by atoms with E-state index >= 15 is 0 Å². The van der Waals surface area contributed by atoms with Crippen LogP contribution in [0, 0.1) is 0 Å². The Balaban J connectivity index is 1.08. The molecule has 0 bridgehead atoms. The second-order valence-electron chi connectivity index (χ2n) is 13.9. The van der Waals surface area contributed by atoms with Gasteiger partial charge >= 0.3 is 0 Å². The molecular formula is C51H32N2O2. The van der Waals surface area contributed by atoms with Gasteiger partial charge in [0.25, 0.3) is 0 Å². The minimum Gasteiger partial charge on any atom is -0.456 e. The van der Waals surface area contributed by atoms with Gasteiger partial charge in [0.15, 0.2) is 5.58 Å². The third-order valence-electron chi connectivity index (χ3n) is 10.7. The summed E-state index contributed by atoms with van der Waals surface area (Å²) in [5.41, 5.74) is 12.2. The predicted molar refractivity (Wildman–Crippen MR) is 227 cm³/mol. The molecule has 258 valence electrons. The number of oxazole rings is 1. The van der Waals surface area contributed by atoms with E-state index < -0.39 is 0 Å². The molecule has 0 saturated heterocycles. The van der Waals surface area contributed by atoms with Crippen LogP contribution in [0.1, 0.15) is 0 Å². The summed E-state index contributed by atoms with van der Waals surface area (Å²) in [6, 6.07) is 68.1. The lowest BCUT2D eigenvalue weighted by Gasteiger charge is -2.26. The molecule has 0 atom stereocenters. The van der Waals surface area contributed by atoms with Crippen molar-refractivity contribution in [1.82, 2.24) is 4.98 Å². The zero-order valence-electron chi connectivity index (χ0n) is 29.7. The van der Waals surface area contributed by atoms with E-state index in [2.05, 4.69) is 150 Å². The van der Waals surface area contributed by atoms with Crippen LogP contribution < -0.4 is 4.90 Å². The number of rotatable bonds is 6. The van der Waals surface area contributed by atoms with Crippen LogP contribution in [0.2, 0.25) is 0 Å². The number of benzene rings is 9. The average molecular weight is 705 g/mol. The Morgan fingerprint density at radius 1 is 0.382 bits per heavy atom. The van der Waals surface area contributed by atoms with Crippen LogP contribution >= 0.6 is 0 Å². The Kier molecular flexibility index (Phi) is 7.14. The molecule has 0 aliphatic carbocycles. The van der Waals surface area contributed by atoms with Crippen LogP contribution in [0.15, 0.2) is 203 Å². The highest BCUT2D eigenvalue weighted by atomic mass is 16.3. The number of fused-ring (bicyclic) bond motifs is 8. The van der Waals surface area contributed by atoms with Gasteiger partial charge in [0.05, 0.1) is 0 Å². The molecule has 0 spiro atoms. The lowest BCUT2D eigenvalue weighted by molar-refractivity contribution is 0.623. The van der Waals surface area contributed by atoms with Crippen molar-refractivity contribution in [2.75, 3.05) is 4.90 Å². The summed E-state index contributed by atoms with van der Waals surface area (Å²) in [6.07, 6.45) is 0. The molecule has 0 unspecified atom stereocenters. The smallest absolute Gasteiger partial charge is 0.227 e. The van der Waals surface area contributed by atoms with Crippen molar-refractivity contribution in [1.29, 1.82) is 0 Å². The van der Waals surface area contributed by atoms with E-state index in [-0.39, 0.29) is 0 Å². The first kappa shape index (κ1) is 31.1. The molecule has 4 heteroatoms. The average Bonchev–Trinajstić information content (AvgIpc) is 3.87. The van der Waals surface area contributed by atoms with E-state index in [1.54, 1.807) is 0 Å². The van der Waals surface area contributed by atoms with Crippen LogP contribution in [-0.4, -0.2) is 4.98 Å². The van der Waals surface area contributed by atoms with E-state index in [0.717, 1.165) is 88.3 Å². The monoisotopic (exact) mass is 704 g/mol. The molecule has 0 aliphatic heterocycles. The zero-order chi connectivity index (χ0) is 36.3. The Morgan fingerprint density at radius 2 is 0.982 bits per heavy atom. The number of anilines is 3. The van der Waals surface area contributed by atoms with Gasteiger partial charge in [0, 0.05) is 38.8 Å². The third kappa shape index (κ3) is 5.26. The summed E-state index contributed by atoms with van der Waals surface area (Å²) in [6.45, 7) is 0. The Hall–Kier alpha value is -7.43. The maximum absolute atomic E-state index is 6.58. The van der Waals surface area contributed by atoms with Gasteiger partial charge in [-0.1, -0.05) is 127 Å². The first-order chi connectivity index (χ1) is 27.2. The quantitative estimate of drug-likeness (QED) is 0.162. The maximum atomic E-state index is 6.58. The third-order valence-corrected chi connectivity index (χ3v) is 10.7. The molecule has 0 amide bonds. The summed E-state index contributed by atoms with van der Waals surface area (Å²) in [4.78, 5) is 7.24. The van der Waals surface area contributed by atoms with Crippen LogP contribution in [0.3, 0.4) is 0 Å². The van der Waals surface area contributed by atoms with Gasteiger partial charge in [-0.2, -0.15) is 0 Å². The molecule has 0 fully saturated rings. The fraction of sp³-hybridized carbons (Fsp3) is 0. The van der Waals surface area contributed by atoms with Gasteiger partial charge in [-0.25, -0.2) is 4.98 Å². The van der Waals surface area contributed by atoms with Crippen molar-refractivity contribution in [3.8, 4) is 33.7 Å². The maximum Gasteiger partial charge on any atom is 0.227 e. The fourth-order valence-corrected chi connectivity index (χ4v) is 8.04. The highest BCUT2D eigenvalue weighted by molar-refractivity contribution is 6.19. The Labute approximate surface area is 317 Å². The molecule has 2 aromatic heterocycles. The van der Waals surface area contributed by atoms with Crippen molar-refractivity contribution < 1.29 is 8.83 Å². The van der Waals surface area contributed by atoms with E-state index in [4.69, 9.17) is 13.8 Å². The molecule has 0 N–H and O–H groups in total. The lowest BCUT2D eigenvalue weighted by Crippen LogP contribution is -2.10. The molecule has 0 aliphatic rings. The first-order valence-corrected chi connectivity index (χ1v) is 18.5. The van der Waals surface area contributed by atoms with Gasteiger partial charge in [-0.3, -0.25) is 0 Å². The summed E-state index contributed by atoms with van der Waals surface area (Å²) < 4.78 is 12.8. The number of nitrogens with zero attached hydrogens (tertiary/aromatic N) is 2. The molecule has 0 saturated carbocycles. The standard InChI is InChI=1S/C51H32N2O2/c1-3-10-33(11-4-1)34-20-26-39(27-21-34)53(40-28-22-35(23-29-40)42-15-9-17-47-49(42)43-14-7-8-16-46(43)54-47)41-30-24-36-18-19-37-25-31-45-50(48(37)44(36)32-41)55-51(52-45)38-12-5-2-6-13-38/h1-32H. The summed E-state index contributed by atoms with van der Waals surface area (Å²) >= 11 is 0. The van der Waals surface area contributed by atoms with Crippen molar-refractivity contribution in [2.45, 2.75) is 0 Å². The second-order valence-corrected chi connectivity index (χ2v) is 13.9. The van der Waals surface area contributed by atoms with Gasteiger partial charge in [-0.05, 0) is 105 Å². The van der Waals surface area contributed by atoms with Gasteiger partial charge in [0.2, 0.25) is 5.89 Å². The van der Waals surface area contributed by atoms with Crippen LogP contribution in [0.4, 0.5) is 17.1 Å². The molecule has 9 aromatic carbocycles. The van der Waals surface area contributed by atoms with Crippen LogP contribution in [0.25, 0.3) is 88.3 Å². The highest BCUT2D eigenvalue weighted by Gasteiger charge is 2.18. The normalized spacial score (nSPS) is 11.6. The SMILES string of the molecule is c1ccc(-c2ccc(N(c3ccc(-c4cccc5oc6ccccc6c45)cc3)c3ccc4ccc5ccc6nc(-c7ccccc7)oc6c5c4c3)cc2)cc1. The van der Waals surface area contributed by atoms with E-state index in [0.29, 0.717) is 5.89 Å². The molecule has 4 nitrogen and oxygen atoms in total. The largest absolute Gasteiger partial charge is 0.456 e. The van der Waals surface area contributed by atoms with Crippen LogP contribution in [-0.2, 0) is 0 Å². The first-order valence-electron chi connectivity index (χ1n) is 18.5. The Bertz CT molecular complexity index is 3180. The topological polar surface area (TPSA) is 42.4 Å². The van der Waals surface area contributed by atoms with Gasteiger partial charge in [-0.15, -0.1) is 0 Å². The molecule has 11 aromatic rings.